The highest BCUT2D eigenvalue weighted by molar-refractivity contribution is 5.78. The van der Waals surface area contributed by atoms with E-state index in [0.717, 1.165) is 31.6 Å². The largest absolute Gasteiger partial charge is 0.469 e. The van der Waals surface area contributed by atoms with Gasteiger partial charge < -0.3 is 4.74 Å². The Morgan fingerprint density at radius 2 is 1.71 bits per heavy atom. The van der Waals surface area contributed by atoms with Crippen LogP contribution in [0.4, 0.5) is 0 Å². The molecule has 5 rings (SSSR count). The second kappa shape index (κ2) is 7.97. The molecule has 0 amide bonds. The van der Waals surface area contributed by atoms with Gasteiger partial charge in [0.05, 0.1) is 12.5 Å². The molecule has 0 aromatic heterocycles. The molecule has 5 aliphatic rings. The lowest BCUT2D eigenvalue weighted by molar-refractivity contribution is -0.176. The molecule has 2 nitrogen and oxygen atoms in total. The standard InChI is InChI=1S/C33H52O2/c1-10-23-20-29(5,11-2)25-15-16-31(7)26(32(23,25)8)13-12-24-27-22(4)21(3)14-17-33(27,28(34)35-9)19-18-30(24,31)6/h12,20-22,25-27H,10-11,13-19H2,1-9H3/t21-,22+,25?,26?,27?,29?,30-,31-,32+,33?/m1/s1. The third-order valence-electron chi connectivity index (χ3n) is 13.8. The second-order valence-corrected chi connectivity index (χ2v) is 14.5. The van der Waals surface area contributed by atoms with Crippen LogP contribution >= 0.6 is 0 Å². The van der Waals surface area contributed by atoms with Crippen molar-refractivity contribution in [2.75, 3.05) is 7.11 Å². The zero-order chi connectivity index (χ0) is 25.6. The highest BCUT2D eigenvalue weighted by atomic mass is 16.5. The van der Waals surface area contributed by atoms with E-state index in [4.69, 9.17) is 4.74 Å². The van der Waals surface area contributed by atoms with Crippen LogP contribution in [0, 0.1) is 56.7 Å². The lowest BCUT2D eigenvalue weighted by Gasteiger charge is -2.69. The summed E-state index contributed by atoms with van der Waals surface area (Å²) in [5.74, 6) is 3.04. The van der Waals surface area contributed by atoms with Crippen LogP contribution in [0.3, 0.4) is 0 Å². The average Bonchev–Trinajstić information content (AvgIpc) is 3.08. The first-order chi connectivity index (χ1) is 16.4. The van der Waals surface area contributed by atoms with Crippen molar-refractivity contribution >= 4 is 5.97 Å². The van der Waals surface area contributed by atoms with Crippen molar-refractivity contribution in [2.45, 2.75) is 113 Å². The van der Waals surface area contributed by atoms with Crippen LogP contribution < -0.4 is 0 Å². The third kappa shape index (κ3) is 2.92. The molecule has 2 heteroatoms. The number of carbonyl (C=O) groups excluding carboxylic acids is 1. The average molecular weight is 481 g/mol. The van der Waals surface area contributed by atoms with Crippen LogP contribution in [-0.4, -0.2) is 13.1 Å². The molecule has 0 bridgehead atoms. The van der Waals surface area contributed by atoms with Gasteiger partial charge >= 0.3 is 5.97 Å². The minimum Gasteiger partial charge on any atom is -0.469 e. The van der Waals surface area contributed by atoms with Crippen LogP contribution in [-0.2, 0) is 9.53 Å². The van der Waals surface area contributed by atoms with Gasteiger partial charge in [-0.1, -0.05) is 78.7 Å². The first kappa shape index (κ1) is 25.6. The van der Waals surface area contributed by atoms with Gasteiger partial charge in [-0.05, 0) is 109 Å². The summed E-state index contributed by atoms with van der Waals surface area (Å²) < 4.78 is 5.54. The summed E-state index contributed by atoms with van der Waals surface area (Å²) in [4.78, 5) is 13.4. The van der Waals surface area contributed by atoms with E-state index in [9.17, 15) is 4.79 Å². The maximum absolute atomic E-state index is 13.4. The van der Waals surface area contributed by atoms with Gasteiger partial charge in [-0.2, -0.15) is 0 Å². The normalized spacial score (nSPS) is 52.9. The molecule has 0 heterocycles. The molecule has 35 heavy (non-hydrogen) atoms. The fourth-order valence-corrected chi connectivity index (χ4v) is 11.2. The van der Waals surface area contributed by atoms with Crippen LogP contribution in [0.2, 0.25) is 0 Å². The van der Waals surface area contributed by atoms with E-state index in [1.807, 2.05) is 0 Å². The predicted octanol–water partition coefficient (Wildman–Crippen LogP) is 8.76. The molecule has 0 saturated heterocycles. The van der Waals surface area contributed by atoms with E-state index in [-0.39, 0.29) is 22.2 Å². The summed E-state index contributed by atoms with van der Waals surface area (Å²) in [6.07, 6.45) is 16.0. The van der Waals surface area contributed by atoms with E-state index in [0.29, 0.717) is 34.5 Å². The number of hydrogen-bond acceptors (Lipinski definition) is 2. The molecule has 0 aromatic rings. The van der Waals surface area contributed by atoms with Crippen molar-refractivity contribution in [1.82, 2.24) is 0 Å². The Kier molecular flexibility index (Phi) is 5.83. The summed E-state index contributed by atoms with van der Waals surface area (Å²) >= 11 is 0. The van der Waals surface area contributed by atoms with Gasteiger partial charge in [0.15, 0.2) is 0 Å². The van der Waals surface area contributed by atoms with Crippen molar-refractivity contribution in [3.8, 4) is 0 Å². The summed E-state index contributed by atoms with van der Waals surface area (Å²) in [6, 6.07) is 0. The number of methoxy groups -OCH3 is 1. The molecule has 0 spiro atoms. The van der Waals surface area contributed by atoms with Crippen molar-refractivity contribution in [3.05, 3.63) is 23.3 Å². The van der Waals surface area contributed by atoms with Gasteiger partial charge in [0.1, 0.15) is 0 Å². The fourth-order valence-electron chi connectivity index (χ4n) is 11.2. The lowest BCUT2D eigenvalue weighted by atomic mass is 9.35. The van der Waals surface area contributed by atoms with Gasteiger partial charge in [-0.15, -0.1) is 0 Å². The van der Waals surface area contributed by atoms with Gasteiger partial charge in [0, 0.05) is 0 Å². The Morgan fingerprint density at radius 1 is 1.00 bits per heavy atom. The molecule has 5 aliphatic carbocycles. The number of allylic oxidation sites excluding steroid dienone is 4. The number of hydrogen-bond donors (Lipinski definition) is 0. The molecule has 3 fully saturated rings. The fraction of sp³-hybridized carbons (Fsp3) is 0.848. The smallest absolute Gasteiger partial charge is 0.312 e. The first-order valence-corrected chi connectivity index (χ1v) is 14.9. The quantitative estimate of drug-likeness (QED) is 0.298. The van der Waals surface area contributed by atoms with Crippen molar-refractivity contribution in [2.24, 2.45) is 56.7 Å². The Balaban J connectivity index is 1.64. The summed E-state index contributed by atoms with van der Waals surface area (Å²) in [5, 5.41) is 0. The molecule has 196 valence electrons. The Bertz CT molecular complexity index is 960. The molecule has 5 unspecified atom stereocenters. The van der Waals surface area contributed by atoms with E-state index in [1.54, 1.807) is 18.3 Å². The Hall–Kier alpha value is -1.05. The van der Waals surface area contributed by atoms with Gasteiger partial charge in [-0.3, -0.25) is 4.79 Å². The number of fused-ring (bicyclic) bond motifs is 7. The first-order valence-electron chi connectivity index (χ1n) is 14.9. The van der Waals surface area contributed by atoms with E-state index < -0.39 is 0 Å². The topological polar surface area (TPSA) is 26.3 Å². The predicted molar refractivity (Wildman–Crippen MR) is 145 cm³/mol. The molecular weight excluding hydrogens is 428 g/mol. The number of esters is 1. The minimum absolute atomic E-state index is 0.0675. The highest BCUT2D eigenvalue weighted by Crippen LogP contribution is 2.77. The molecule has 0 radical (unpaired) electrons. The Labute approximate surface area is 215 Å². The van der Waals surface area contributed by atoms with E-state index >= 15 is 0 Å². The highest BCUT2D eigenvalue weighted by Gasteiger charge is 2.70. The Morgan fingerprint density at radius 3 is 2.34 bits per heavy atom. The van der Waals surface area contributed by atoms with Crippen molar-refractivity contribution < 1.29 is 9.53 Å². The molecule has 3 saturated carbocycles. The lowest BCUT2D eigenvalue weighted by Crippen LogP contribution is -2.63. The number of ether oxygens (including phenoxy) is 1. The van der Waals surface area contributed by atoms with Crippen molar-refractivity contribution in [3.63, 3.8) is 0 Å². The SMILES string of the molecule is CCC1=CC(C)(CC)C2CC[C@]3(C)C(CC=C4C5[C@@H](C)[C@H](C)CCC5(C(=O)OC)CC[C@]43C)[C@@]12C. The second-order valence-electron chi connectivity index (χ2n) is 14.5. The summed E-state index contributed by atoms with van der Waals surface area (Å²) in [6.45, 7) is 20.1. The maximum atomic E-state index is 13.4. The molecule has 0 aromatic carbocycles. The van der Waals surface area contributed by atoms with E-state index in [1.165, 1.54) is 32.1 Å². The summed E-state index contributed by atoms with van der Waals surface area (Å²) in [5.41, 5.74) is 4.15. The summed E-state index contributed by atoms with van der Waals surface area (Å²) in [7, 11) is 1.61. The minimum atomic E-state index is -0.307. The van der Waals surface area contributed by atoms with Crippen LogP contribution in [0.5, 0.6) is 0 Å². The molecule has 10 atom stereocenters. The van der Waals surface area contributed by atoms with Gasteiger partial charge in [0.25, 0.3) is 0 Å². The zero-order valence-corrected chi connectivity index (χ0v) is 24.2. The zero-order valence-electron chi connectivity index (χ0n) is 24.2. The van der Waals surface area contributed by atoms with Crippen LogP contribution in [0.15, 0.2) is 23.3 Å². The van der Waals surface area contributed by atoms with Gasteiger partial charge in [-0.25, -0.2) is 0 Å². The third-order valence-corrected chi connectivity index (χ3v) is 13.8. The van der Waals surface area contributed by atoms with E-state index in [2.05, 4.69) is 67.5 Å². The monoisotopic (exact) mass is 480 g/mol. The number of rotatable bonds is 3. The van der Waals surface area contributed by atoms with Crippen LogP contribution in [0.1, 0.15) is 113 Å². The molecule has 0 N–H and O–H groups in total. The molecular formula is C33H52O2. The van der Waals surface area contributed by atoms with Crippen molar-refractivity contribution in [1.29, 1.82) is 0 Å². The maximum Gasteiger partial charge on any atom is 0.312 e. The number of carbonyl (C=O) groups is 1. The van der Waals surface area contributed by atoms with Gasteiger partial charge in [0.2, 0.25) is 0 Å². The molecule has 0 aliphatic heterocycles. The van der Waals surface area contributed by atoms with Crippen LogP contribution in [0.25, 0.3) is 0 Å².